The van der Waals surface area contributed by atoms with Crippen LogP contribution in [0.25, 0.3) is 22.6 Å². The van der Waals surface area contributed by atoms with Crippen molar-refractivity contribution in [1.82, 2.24) is 29.0 Å². The van der Waals surface area contributed by atoms with Gasteiger partial charge < -0.3 is 19.5 Å². The van der Waals surface area contributed by atoms with Gasteiger partial charge in [0.1, 0.15) is 11.6 Å². The first kappa shape index (κ1) is 24.6. The number of nitrogens with zero attached hydrogens (tertiary/aromatic N) is 5. The number of anilines is 1. The Kier molecular flexibility index (Phi) is 7.96. The van der Waals surface area contributed by atoms with Crippen LogP contribution in [0.4, 0.5) is 5.82 Å². The van der Waals surface area contributed by atoms with E-state index in [9.17, 15) is 14.4 Å². The SMILES string of the molecule is CCCn1c(=O)[nH]c(=O)c2nc(-c3ccc(NCCCN4CCCC4=O)nc3)n(CCCOC)c21. The number of methoxy groups -OCH3 is 1. The summed E-state index contributed by atoms with van der Waals surface area (Å²) in [5.41, 5.74) is 0.583. The molecule has 188 valence electrons. The first-order chi connectivity index (χ1) is 17.0. The summed E-state index contributed by atoms with van der Waals surface area (Å²) in [5, 5.41) is 3.29. The molecule has 2 N–H and O–H groups in total. The molecule has 0 aromatic carbocycles. The van der Waals surface area contributed by atoms with Crippen molar-refractivity contribution in [1.29, 1.82) is 0 Å². The Morgan fingerprint density at radius 1 is 1.11 bits per heavy atom. The number of imidazole rings is 1. The van der Waals surface area contributed by atoms with Gasteiger partial charge in [-0.1, -0.05) is 6.92 Å². The molecule has 11 heteroatoms. The van der Waals surface area contributed by atoms with Gasteiger partial charge in [0.15, 0.2) is 11.2 Å². The topological polar surface area (TPSA) is 127 Å². The highest BCUT2D eigenvalue weighted by Crippen LogP contribution is 2.24. The molecule has 4 rings (SSSR count). The summed E-state index contributed by atoms with van der Waals surface area (Å²) in [6.07, 6.45) is 5.63. The van der Waals surface area contributed by atoms with Crippen molar-refractivity contribution in [2.45, 2.75) is 52.1 Å². The molecule has 0 atom stereocenters. The molecule has 0 radical (unpaired) electrons. The molecule has 0 aliphatic carbocycles. The molecule has 11 nitrogen and oxygen atoms in total. The van der Waals surface area contributed by atoms with Crippen molar-refractivity contribution in [3.63, 3.8) is 0 Å². The van der Waals surface area contributed by atoms with Gasteiger partial charge in [0, 0.05) is 64.6 Å². The predicted octanol–water partition coefficient (Wildman–Crippen LogP) is 1.82. The minimum Gasteiger partial charge on any atom is -0.385 e. The van der Waals surface area contributed by atoms with Crippen LogP contribution < -0.4 is 16.6 Å². The van der Waals surface area contributed by atoms with Crippen LogP contribution in [-0.4, -0.2) is 68.2 Å². The van der Waals surface area contributed by atoms with E-state index in [4.69, 9.17) is 4.74 Å². The lowest BCUT2D eigenvalue weighted by Gasteiger charge is -2.15. The van der Waals surface area contributed by atoms with Crippen LogP contribution in [0.2, 0.25) is 0 Å². The lowest BCUT2D eigenvalue weighted by Crippen LogP contribution is -2.31. The average Bonchev–Trinajstić information content (AvgIpc) is 3.44. The summed E-state index contributed by atoms with van der Waals surface area (Å²) in [7, 11) is 1.64. The van der Waals surface area contributed by atoms with E-state index in [1.807, 2.05) is 28.5 Å². The lowest BCUT2D eigenvalue weighted by atomic mass is 10.2. The fourth-order valence-electron chi connectivity index (χ4n) is 4.48. The predicted molar refractivity (Wildman–Crippen MR) is 134 cm³/mol. The number of carbonyl (C=O) groups excluding carboxylic acids is 1. The van der Waals surface area contributed by atoms with Gasteiger partial charge in [0.05, 0.1) is 0 Å². The molecule has 0 unspecified atom stereocenters. The zero-order valence-corrected chi connectivity index (χ0v) is 20.4. The maximum atomic E-state index is 12.6. The molecule has 4 heterocycles. The van der Waals surface area contributed by atoms with Gasteiger partial charge in [-0.2, -0.15) is 0 Å². The Bertz CT molecular complexity index is 1280. The second-order valence-corrected chi connectivity index (χ2v) is 8.71. The van der Waals surface area contributed by atoms with Gasteiger partial charge in [0.25, 0.3) is 5.56 Å². The Morgan fingerprint density at radius 2 is 1.97 bits per heavy atom. The van der Waals surface area contributed by atoms with E-state index in [0.717, 1.165) is 43.7 Å². The third kappa shape index (κ3) is 5.45. The molecule has 3 aromatic heterocycles. The highest BCUT2D eigenvalue weighted by atomic mass is 16.5. The minimum absolute atomic E-state index is 0.240. The van der Waals surface area contributed by atoms with Gasteiger partial charge in [-0.3, -0.25) is 19.1 Å². The summed E-state index contributed by atoms with van der Waals surface area (Å²) >= 11 is 0. The van der Waals surface area contributed by atoms with Gasteiger partial charge in [-0.05, 0) is 37.8 Å². The normalized spacial score (nSPS) is 13.8. The number of aromatic amines is 1. The first-order valence-electron chi connectivity index (χ1n) is 12.2. The molecule has 1 saturated heterocycles. The molecule has 1 fully saturated rings. The van der Waals surface area contributed by atoms with Crippen LogP contribution in [0, 0.1) is 0 Å². The fraction of sp³-hybridized carbons (Fsp3) is 0.542. The molecule has 3 aromatic rings. The maximum Gasteiger partial charge on any atom is 0.330 e. The Hall–Kier alpha value is -3.47. The van der Waals surface area contributed by atoms with E-state index in [1.165, 1.54) is 0 Å². The number of amides is 1. The molecular weight excluding hydrogens is 450 g/mol. The van der Waals surface area contributed by atoms with Crippen LogP contribution in [-0.2, 0) is 22.6 Å². The summed E-state index contributed by atoms with van der Waals surface area (Å²) < 4.78 is 8.70. The van der Waals surface area contributed by atoms with E-state index in [-0.39, 0.29) is 11.4 Å². The largest absolute Gasteiger partial charge is 0.385 e. The van der Waals surface area contributed by atoms with Crippen molar-refractivity contribution in [3.8, 4) is 11.4 Å². The van der Waals surface area contributed by atoms with Gasteiger partial charge in [-0.15, -0.1) is 0 Å². The second kappa shape index (κ2) is 11.3. The van der Waals surface area contributed by atoms with Crippen molar-refractivity contribution in [2.24, 2.45) is 0 Å². The summed E-state index contributed by atoms with van der Waals surface area (Å²) in [6.45, 7) is 5.87. The fourth-order valence-corrected chi connectivity index (χ4v) is 4.48. The Labute approximate surface area is 203 Å². The number of fused-ring (bicyclic) bond motifs is 1. The smallest absolute Gasteiger partial charge is 0.330 e. The van der Waals surface area contributed by atoms with Crippen molar-refractivity contribution < 1.29 is 9.53 Å². The number of pyridine rings is 1. The van der Waals surface area contributed by atoms with Gasteiger partial charge >= 0.3 is 5.69 Å². The molecule has 0 spiro atoms. The number of H-pyrrole nitrogens is 1. The maximum absolute atomic E-state index is 12.6. The molecule has 0 bridgehead atoms. The number of ether oxygens (including phenoxy) is 1. The van der Waals surface area contributed by atoms with Crippen molar-refractivity contribution in [2.75, 3.05) is 38.7 Å². The third-order valence-corrected chi connectivity index (χ3v) is 6.16. The zero-order chi connectivity index (χ0) is 24.8. The quantitative estimate of drug-likeness (QED) is 0.376. The Balaban J connectivity index is 1.57. The summed E-state index contributed by atoms with van der Waals surface area (Å²) in [6, 6.07) is 3.78. The number of nitrogens with one attached hydrogen (secondary N) is 2. The third-order valence-electron chi connectivity index (χ3n) is 6.16. The van der Waals surface area contributed by atoms with E-state index in [1.54, 1.807) is 17.9 Å². The minimum atomic E-state index is -0.494. The highest BCUT2D eigenvalue weighted by molar-refractivity contribution is 5.78. The number of aryl methyl sites for hydroxylation is 2. The molecule has 35 heavy (non-hydrogen) atoms. The number of hydrogen-bond acceptors (Lipinski definition) is 7. The number of aromatic nitrogens is 5. The van der Waals surface area contributed by atoms with Gasteiger partial charge in [-0.25, -0.2) is 14.8 Å². The van der Waals surface area contributed by atoms with E-state index >= 15 is 0 Å². The second-order valence-electron chi connectivity index (χ2n) is 8.71. The van der Waals surface area contributed by atoms with E-state index < -0.39 is 11.2 Å². The molecule has 0 saturated carbocycles. The van der Waals surface area contributed by atoms with Crippen LogP contribution in [0.1, 0.15) is 39.0 Å². The first-order valence-corrected chi connectivity index (χ1v) is 12.2. The van der Waals surface area contributed by atoms with Crippen LogP contribution in [0.15, 0.2) is 27.9 Å². The summed E-state index contributed by atoms with van der Waals surface area (Å²) in [4.78, 5) is 50.3. The molecule has 1 aliphatic rings. The standard InChI is InChI=1S/C24H33N7O4/c1-3-11-31-23-20(22(33)28-24(31)34)27-21(30(23)14-6-15-35-2)17-8-9-18(26-16-17)25-10-5-13-29-12-4-7-19(29)32/h8-9,16H,3-7,10-15H2,1-2H3,(H,25,26)(H,28,33,34). The van der Waals surface area contributed by atoms with Crippen LogP contribution in [0.3, 0.4) is 0 Å². The number of carbonyl (C=O) groups is 1. The van der Waals surface area contributed by atoms with E-state index in [2.05, 4.69) is 20.3 Å². The lowest BCUT2D eigenvalue weighted by molar-refractivity contribution is -0.127. The van der Waals surface area contributed by atoms with Gasteiger partial charge in [0.2, 0.25) is 5.91 Å². The molecular formula is C24H33N7O4. The number of likely N-dealkylation sites (tertiary alicyclic amines) is 1. The average molecular weight is 484 g/mol. The molecule has 1 aliphatic heterocycles. The number of hydrogen-bond donors (Lipinski definition) is 2. The zero-order valence-electron chi connectivity index (χ0n) is 20.4. The summed E-state index contributed by atoms with van der Waals surface area (Å²) in [5.74, 6) is 1.55. The Morgan fingerprint density at radius 3 is 2.66 bits per heavy atom. The van der Waals surface area contributed by atoms with Crippen molar-refractivity contribution >= 4 is 22.9 Å². The van der Waals surface area contributed by atoms with Crippen LogP contribution >= 0.6 is 0 Å². The van der Waals surface area contributed by atoms with Crippen molar-refractivity contribution in [3.05, 3.63) is 39.2 Å². The number of rotatable bonds is 12. The molecule has 1 amide bonds. The monoisotopic (exact) mass is 483 g/mol. The van der Waals surface area contributed by atoms with Crippen LogP contribution in [0.5, 0.6) is 0 Å². The van der Waals surface area contributed by atoms with E-state index in [0.29, 0.717) is 50.6 Å². The highest BCUT2D eigenvalue weighted by Gasteiger charge is 2.20.